The molecule has 0 radical (unpaired) electrons. The van der Waals surface area contributed by atoms with E-state index < -0.39 is 17.8 Å². The monoisotopic (exact) mass is 383 g/mol. The van der Waals surface area contributed by atoms with E-state index in [-0.39, 0.29) is 35.6 Å². The normalized spacial score (nSPS) is 14.5. The van der Waals surface area contributed by atoms with Crippen LogP contribution in [0.15, 0.2) is 17.8 Å². The molecule has 1 heterocycles. The number of hydrogen-bond acceptors (Lipinski definition) is 5. The first kappa shape index (κ1) is 20.4. The van der Waals surface area contributed by atoms with Gasteiger partial charge in [-0.2, -0.15) is 0 Å². The quantitative estimate of drug-likeness (QED) is 0.294. The molecule has 1 atom stereocenters. The lowest BCUT2D eigenvalue weighted by Gasteiger charge is -2.18. The highest BCUT2D eigenvalue weighted by atomic mass is 35.5. The van der Waals surface area contributed by atoms with Crippen molar-refractivity contribution < 1.29 is 23.5 Å². The van der Waals surface area contributed by atoms with Crippen LogP contribution in [0.1, 0.15) is 50.8 Å². The molecule has 5 nitrogen and oxygen atoms in total. The number of halogens is 2. The zero-order chi connectivity index (χ0) is 19.3. The Balaban J connectivity index is 2.51. The molecule has 1 fully saturated rings. The Bertz CT molecular complexity index is 696. The number of hydrogen-bond donors (Lipinski definition) is 0. The molecule has 142 valence electrons. The number of carbonyl (C=O) groups excluding carboxylic acids is 2. The third kappa shape index (κ3) is 4.61. The van der Waals surface area contributed by atoms with Gasteiger partial charge in [0.25, 0.3) is 0 Å². The van der Waals surface area contributed by atoms with Crippen LogP contribution in [0.25, 0.3) is 0 Å². The van der Waals surface area contributed by atoms with Crippen molar-refractivity contribution in [1.82, 2.24) is 4.98 Å². The van der Waals surface area contributed by atoms with Crippen molar-refractivity contribution in [3.8, 4) is 0 Å². The summed E-state index contributed by atoms with van der Waals surface area (Å²) in [6, 6.07) is 0. The lowest BCUT2D eigenvalue weighted by Crippen LogP contribution is -2.20. The maximum Gasteiger partial charge on any atom is 0.345 e. The van der Waals surface area contributed by atoms with Crippen LogP contribution in [0.4, 0.5) is 4.39 Å². The van der Waals surface area contributed by atoms with Gasteiger partial charge in [0, 0.05) is 5.92 Å². The van der Waals surface area contributed by atoms with Gasteiger partial charge in [-0.15, -0.1) is 0 Å². The molecule has 1 aromatic heterocycles. The number of aromatic nitrogens is 1. The average Bonchev–Trinajstić information content (AvgIpc) is 3.43. The van der Waals surface area contributed by atoms with Crippen molar-refractivity contribution in [2.45, 2.75) is 46.0 Å². The molecule has 1 unspecified atom stereocenters. The Morgan fingerprint density at radius 2 is 1.85 bits per heavy atom. The Morgan fingerprint density at radius 1 is 1.27 bits per heavy atom. The van der Waals surface area contributed by atoms with E-state index in [1.54, 1.807) is 19.9 Å². The zero-order valence-electron chi connectivity index (χ0n) is 15.2. The van der Waals surface area contributed by atoms with Crippen molar-refractivity contribution in [3.63, 3.8) is 0 Å². The fourth-order valence-corrected chi connectivity index (χ4v) is 3.13. The van der Waals surface area contributed by atoms with Crippen LogP contribution >= 0.6 is 11.6 Å². The highest BCUT2D eigenvalue weighted by molar-refractivity contribution is 6.31. The van der Waals surface area contributed by atoms with Crippen molar-refractivity contribution in [3.05, 3.63) is 39.9 Å². The molecule has 1 aliphatic carbocycles. The van der Waals surface area contributed by atoms with Crippen molar-refractivity contribution in [2.75, 3.05) is 13.2 Å². The molecule has 0 aromatic carbocycles. The molecule has 26 heavy (non-hydrogen) atoms. The van der Waals surface area contributed by atoms with Gasteiger partial charge in [-0.3, -0.25) is 4.98 Å². The SMILES string of the molecule is CCOC(=O)C(=CC(c1ncc(F)c(Cl)c1CC)C1CC1)C(=O)OCC. The van der Waals surface area contributed by atoms with Gasteiger partial charge in [0.1, 0.15) is 5.57 Å². The summed E-state index contributed by atoms with van der Waals surface area (Å²) >= 11 is 6.11. The Labute approximate surface area is 157 Å². The first-order chi connectivity index (χ1) is 12.4. The van der Waals surface area contributed by atoms with E-state index in [1.165, 1.54) is 0 Å². The molecular formula is C19H23ClFNO4. The summed E-state index contributed by atoms with van der Waals surface area (Å²) < 4.78 is 23.8. The second kappa shape index (κ2) is 9.12. The maximum absolute atomic E-state index is 13.8. The first-order valence-corrected chi connectivity index (χ1v) is 9.21. The lowest BCUT2D eigenvalue weighted by atomic mass is 9.91. The number of ether oxygens (including phenoxy) is 2. The number of rotatable bonds is 8. The third-order valence-electron chi connectivity index (χ3n) is 4.24. The van der Waals surface area contributed by atoms with Gasteiger partial charge in [0.15, 0.2) is 5.82 Å². The fourth-order valence-electron chi connectivity index (χ4n) is 2.85. The minimum atomic E-state index is -0.733. The van der Waals surface area contributed by atoms with E-state index in [4.69, 9.17) is 21.1 Å². The Hall–Kier alpha value is -1.95. The number of allylic oxidation sites excluding steroid dienone is 1. The van der Waals surface area contributed by atoms with Gasteiger partial charge < -0.3 is 9.47 Å². The largest absolute Gasteiger partial charge is 0.462 e. The van der Waals surface area contributed by atoms with E-state index in [1.807, 2.05) is 6.92 Å². The topological polar surface area (TPSA) is 65.5 Å². The second-order valence-electron chi connectivity index (χ2n) is 6.02. The van der Waals surface area contributed by atoms with Gasteiger partial charge in [-0.1, -0.05) is 24.6 Å². The molecule has 7 heteroatoms. The summed E-state index contributed by atoms with van der Waals surface area (Å²) in [7, 11) is 0. The molecule has 0 spiro atoms. The third-order valence-corrected chi connectivity index (χ3v) is 4.65. The van der Waals surface area contributed by atoms with E-state index in [2.05, 4.69) is 4.98 Å². The van der Waals surface area contributed by atoms with E-state index in [9.17, 15) is 14.0 Å². The number of nitrogens with zero attached hydrogens (tertiary/aromatic N) is 1. The van der Waals surface area contributed by atoms with Crippen molar-refractivity contribution in [2.24, 2.45) is 5.92 Å². The summed E-state index contributed by atoms with van der Waals surface area (Å²) in [5.74, 6) is -2.16. The van der Waals surface area contributed by atoms with Gasteiger partial charge in [0.2, 0.25) is 0 Å². The molecular weight excluding hydrogens is 361 g/mol. The van der Waals surface area contributed by atoms with E-state index in [0.29, 0.717) is 17.7 Å². The first-order valence-electron chi connectivity index (χ1n) is 8.83. The predicted molar refractivity (Wildman–Crippen MR) is 95.4 cm³/mol. The summed E-state index contributed by atoms with van der Waals surface area (Å²) in [5.41, 5.74) is 1.02. The van der Waals surface area contributed by atoms with Gasteiger partial charge in [-0.25, -0.2) is 14.0 Å². The standard InChI is InChI=1S/C19H23ClFNO4/c1-4-12-16(20)15(21)10-22-17(12)13(11-7-8-11)9-14(18(23)25-5-2)19(24)26-6-3/h9-11,13H,4-8H2,1-3H3. The molecule has 1 aliphatic rings. The van der Waals surface area contributed by atoms with E-state index in [0.717, 1.165) is 19.0 Å². The molecule has 0 saturated heterocycles. The summed E-state index contributed by atoms with van der Waals surface area (Å²) in [5, 5.41) is 0.0327. The molecule has 0 bridgehead atoms. The van der Waals surface area contributed by atoms with Crippen LogP contribution in [-0.2, 0) is 25.5 Å². The molecule has 0 aliphatic heterocycles. The highest BCUT2D eigenvalue weighted by Crippen LogP contribution is 2.45. The maximum atomic E-state index is 13.8. The van der Waals surface area contributed by atoms with Crippen LogP contribution in [0.2, 0.25) is 5.02 Å². The van der Waals surface area contributed by atoms with Crippen LogP contribution in [0.5, 0.6) is 0 Å². The van der Waals surface area contributed by atoms with Gasteiger partial charge >= 0.3 is 11.9 Å². The smallest absolute Gasteiger partial charge is 0.345 e. The van der Waals surface area contributed by atoms with Crippen LogP contribution < -0.4 is 0 Å². The van der Waals surface area contributed by atoms with Crippen molar-refractivity contribution >= 4 is 23.5 Å². The zero-order valence-corrected chi connectivity index (χ0v) is 15.9. The molecule has 1 saturated carbocycles. The van der Waals surface area contributed by atoms with Crippen LogP contribution in [-0.4, -0.2) is 30.1 Å². The summed E-state index contributed by atoms with van der Waals surface area (Å²) in [6.45, 7) is 5.47. The predicted octanol–water partition coefficient (Wildman–Crippen LogP) is 3.98. The summed E-state index contributed by atoms with van der Waals surface area (Å²) in [6.07, 6.45) is 4.97. The van der Waals surface area contributed by atoms with Crippen LogP contribution in [0, 0.1) is 11.7 Å². The molecule has 0 amide bonds. The second-order valence-corrected chi connectivity index (χ2v) is 6.40. The Morgan fingerprint density at radius 3 is 2.31 bits per heavy atom. The van der Waals surface area contributed by atoms with Gasteiger partial charge in [-0.05, 0) is 44.6 Å². The highest BCUT2D eigenvalue weighted by Gasteiger charge is 2.36. The minimum absolute atomic E-state index is 0.0327. The lowest BCUT2D eigenvalue weighted by molar-refractivity contribution is -0.146. The minimum Gasteiger partial charge on any atom is -0.462 e. The van der Waals surface area contributed by atoms with Crippen molar-refractivity contribution in [1.29, 1.82) is 0 Å². The Kier molecular flexibility index (Phi) is 7.14. The number of esters is 2. The number of pyridine rings is 1. The molecule has 0 N–H and O–H groups in total. The number of carbonyl (C=O) groups is 2. The molecule has 1 aromatic rings. The fraction of sp³-hybridized carbons (Fsp3) is 0.526. The van der Waals surface area contributed by atoms with E-state index >= 15 is 0 Å². The average molecular weight is 384 g/mol. The summed E-state index contributed by atoms with van der Waals surface area (Å²) in [4.78, 5) is 28.7. The van der Waals surface area contributed by atoms with Gasteiger partial charge in [0.05, 0.1) is 30.1 Å². The van der Waals surface area contributed by atoms with Crippen LogP contribution in [0.3, 0.4) is 0 Å². The molecule has 2 rings (SSSR count).